The van der Waals surface area contributed by atoms with Gasteiger partial charge in [-0.05, 0) is 61.2 Å². The van der Waals surface area contributed by atoms with Crippen LogP contribution < -0.4 is 14.9 Å². The number of hydrogen-bond donors (Lipinski definition) is 2. The molecule has 7 nitrogen and oxygen atoms in total. The minimum absolute atomic E-state index is 0.0651. The summed E-state index contributed by atoms with van der Waals surface area (Å²) in [5.41, 5.74) is 2.80. The average molecular weight is 496 g/mol. The highest BCUT2D eigenvalue weighted by atomic mass is 32.2. The van der Waals surface area contributed by atoms with Gasteiger partial charge in [0.2, 0.25) is 21.8 Å². The summed E-state index contributed by atoms with van der Waals surface area (Å²) in [5.74, 6) is -1.42. The maximum absolute atomic E-state index is 14.2. The van der Waals surface area contributed by atoms with E-state index in [0.717, 1.165) is 35.4 Å². The number of nitrogens with one attached hydrogen (secondary N) is 2. The molecule has 4 rings (SSSR count). The standard InChI is InChI=1S/C26H26FN3O4S/c1-18-16-20(13-14-23(18)30-15-7-12-25(30)31)28-26(32)22(17-19-8-3-2-4-9-19)29-35(33,34)24-11-6-5-10-21(24)27/h2-6,8-11,13-14,16,22,29H,7,12,15,17H2,1H3,(H,28,32)/t22-/m0/s1. The van der Waals surface area contributed by atoms with Crippen molar-refractivity contribution in [3.8, 4) is 0 Å². The number of aryl methyl sites for hydroxylation is 1. The molecular weight excluding hydrogens is 469 g/mol. The minimum Gasteiger partial charge on any atom is -0.325 e. The van der Waals surface area contributed by atoms with Gasteiger partial charge in [-0.25, -0.2) is 12.8 Å². The summed E-state index contributed by atoms with van der Waals surface area (Å²) in [6.45, 7) is 2.50. The van der Waals surface area contributed by atoms with Crippen LogP contribution >= 0.6 is 0 Å². The largest absolute Gasteiger partial charge is 0.325 e. The number of rotatable bonds is 8. The first kappa shape index (κ1) is 24.6. The molecule has 2 N–H and O–H groups in total. The van der Waals surface area contributed by atoms with E-state index >= 15 is 0 Å². The monoisotopic (exact) mass is 495 g/mol. The van der Waals surface area contributed by atoms with Crippen LogP contribution in [-0.4, -0.2) is 32.8 Å². The fourth-order valence-electron chi connectivity index (χ4n) is 4.12. The van der Waals surface area contributed by atoms with E-state index < -0.39 is 32.7 Å². The van der Waals surface area contributed by atoms with Crippen LogP contribution in [0.3, 0.4) is 0 Å². The summed E-state index contributed by atoms with van der Waals surface area (Å²) in [6, 6.07) is 18.0. The van der Waals surface area contributed by atoms with Crippen LogP contribution in [0, 0.1) is 12.7 Å². The number of anilines is 2. The Kier molecular flexibility index (Phi) is 7.28. The summed E-state index contributed by atoms with van der Waals surface area (Å²) in [4.78, 5) is 26.5. The van der Waals surface area contributed by atoms with E-state index in [1.807, 2.05) is 13.0 Å². The SMILES string of the molecule is Cc1cc(NC(=O)[C@H](Cc2ccccc2)NS(=O)(=O)c2ccccc2F)ccc1N1CCCC1=O. The van der Waals surface area contributed by atoms with Crippen molar-refractivity contribution in [3.63, 3.8) is 0 Å². The van der Waals surface area contributed by atoms with E-state index in [9.17, 15) is 22.4 Å². The number of carbonyl (C=O) groups is 2. The van der Waals surface area contributed by atoms with Crippen LogP contribution in [0.25, 0.3) is 0 Å². The molecule has 3 aromatic carbocycles. The predicted octanol–water partition coefficient (Wildman–Crippen LogP) is 3.79. The average Bonchev–Trinajstić information content (AvgIpc) is 3.25. The molecule has 2 amide bonds. The number of nitrogens with zero attached hydrogens (tertiary/aromatic N) is 1. The lowest BCUT2D eigenvalue weighted by atomic mass is 10.1. The van der Waals surface area contributed by atoms with E-state index in [0.29, 0.717) is 18.7 Å². The fourth-order valence-corrected chi connectivity index (χ4v) is 5.39. The van der Waals surface area contributed by atoms with Crippen LogP contribution in [0.2, 0.25) is 0 Å². The quantitative estimate of drug-likeness (QED) is 0.497. The van der Waals surface area contributed by atoms with Gasteiger partial charge in [0, 0.05) is 24.3 Å². The molecule has 0 radical (unpaired) electrons. The molecule has 1 aliphatic heterocycles. The number of sulfonamides is 1. The predicted molar refractivity (Wildman–Crippen MR) is 132 cm³/mol. The number of carbonyl (C=O) groups excluding carboxylic acids is 2. The molecule has 0 spiro atoms. The van der Waals surface area contributed by atoms with Gasteiger partial charge in [-0.3, -0.25) is 9.59 Å². The third kappa shape index (κ3) is 5.75. The van der Waals surface area contributed by atoms with Crippen molar-refractivity contribution in [2.75, 3.05) is 16.8 Å². The maximum Gasteiger partial charge on any atom is 0.244 e. The number of hydrogen-bond acceptors (Lipinski definition) is 4. The van der Waals surface area contributed by atoms with Crippen molar-refractivity contribution in [2.24, 2.45) is 0 Å². The maximum atomic E-state index is 14.2. The van der Waals surface area contributed by atoms with Crippen molar-refractivity contribution in [2.45, 2.75) is 37.1 Å². The first-order valence-corrected chi connectivity index (χ1v) is 12.8. The molecule has 0 unspecified atom stereocenters. The van der Waals surface area contributed by atoms with Gasteiger partial charge in [-0.2, -0.15) is 4.72 Å². The summed E-state index contributed by atoms with van der Waals surface area (Å²) in [7, 11) is -4.31. The molecule has 1 fully saturated rings. The van der Waals surface area contributed by atoms with E-state index in [4.69, 9.17) is 0 Å². The number of amides is 2. The highest BCUT2D eigenvalue weighted by Gasteiger charge is 2.28. The van der Waals surface area contributed by atoms with Crippen LogP contribution in [0.1, 0.15) is 24.0 Å². The molecule has 1 aliphatic rings. The first-order valence-electron chi connectivity index (χ1n) is 11.3. The number of halogens is 1. The molecule has 35 heavy (non-hydrogen) atoms. The van der Waals surface area contributed by atoms with E-state index in [2.05, 4.69) is 10.0 Å². The Morgan fingerprint density at radius 3 is 2.43 bits per heavy atom. The minimum atomic E-state index is -4.31. The van der Waals surface area contributed by atoms with Crippen molar-refractivity contribution in [1.82, 2.24) is 4.72 Å². The van der Waals surface area contributed by atoms with Gasteiger partial charge in [0.05, 0.1) is 0 Å². The first-order chi connectivity index (χ1) is 16.7. The van der Waals surface area contributed by atoms with E-state index in [-0.39, 0.29) is 12.3 Å². The lowest BCUT2D eigenvalue weighted by molar-refractivity contribution is -0.118. The van der Waals surface area contributed by atoms with Gasteiger partial charge in [0.1, 0.15) is 16.8 Å². The zero-order valence-corrected chi connectivity index (χ0v) is 20.0. The molecule has 1 saturated heterocycles. The van der Waals surface area contributed by atoms with Crippen molar-refractivity contribution >= 4 is 33.2 Å². The van der Waals surface area contributed by atoms with Crippen molar-refractivity contribution in [1.29, 1.82) is 0 Å². The van der Waals surface area contributed by atoms with Gasteiger partial charge in [0.25, 0.3) is 0 Å². The Morgan fingerprint density at radius 1 is 1.06 bits per heavy atom. The van der Waals surface area contributed by atoms with Crippen LogP contribution in [0.5, 0.6) is 0 Å². The highest BCUT2D eigenvalue weighted by Crippen LogP contribution is 2.27. The fraction of sp³-hybridized carbons (Fsp3) is 0.231. The lowest BCUT2D eigenvalue weighted by Crippen LogP contribution is -2.45. The summed E-state index contributed by atoms with van der Waals surface area (Å²) < 4.78 is 42.4. The summed E-state index contributed by atoms with van der Waals surface area (Å²) in [5, 5.41) is 2.76. The number of benzene rings is 3. The lowest BCUT2D eigenvalue weighted by Gasteiger charge is -2.21. The Labute approximate surface area is 204 Å². The smallest absolute Gasteiger partial charge is 0.244 e. The molecule has 1 heterocycles. The van der Waals surface area contributed by atoms with Crippen molar-refractivity contribution < 1.29 is 22.4 Å². The van der Waals surface area contributed by atoms with Gasteiger partial charge >= 0.3 is 0 Å². The normalized spacial score (nSPS) is 14.7. The van der Waals surface area contributed by atoms with Crippen LogP contribution in [0.15, 0.2) is 77.7 Å². The molecular formula is C26H26FN3O4S. The molecule has 9 heteroatoms. The molecule has 0 saturated carbocycles. The topological polar surface area (TPSA) is 95.6 Å². The van der Waals surface area contributed by atoms with Crippen LogP contribution in [0.4, 0.5) is 15.8 Å². The van der Waals surface area contributed by atoms with Gasteiger partial charge in [-0.15, -0.1) is 0 Å². The zero-order chi connectivity index (χ0) is 25.0. The molecule has 182 valence electrons. The molecule has 0 bridgehead atoms. The van der Waals surface area contributed by atoms with Gasteiger partial charge in [0.15, 0.2) is 0 Å². The Morgan fingerprint density at radius 2 is 1.77 bits per heavy atom. The Hall–Kier alpha value is -3.56. The Bertz CT molecular complexity index is 1350. The summed E-state index contributed by atoms with van der Waals surface area (Å²) in [6.07, 6.45) is 1.39. The summed E-state index contributed by atoms with van der Waals surface area (Å²) >= 11 is 0. The second kappa shape index (κ2) is 10.4. The van der Waals surface area contributed by atoms with Crippen molar-refractivity contribution in [3.05, 3.63) is 89.7 Å². The third-order valence-electron chi connectivity index (χ3n) is 5.85. The van der Waals surface area contributed by atoms with Gasteiger partial charge < -0.3 is 10.2 Å². The molecule has 3 aromatic rings. The van der Waals surface area contributed by atoms with Gasteiger partial charge in [-0.1, -0.05) is 42.5 Å². The highest BCUT2D eigenvalue weighted by molar-refractivity contribution is 7.89. The van der Waals surface area contributed by atoms with E-state index in [1.165, 1.54) is 12.1 Å². The Balaban J connectivity index is 1.57. The second-order valence-electron chi connectivity index (χ2n) is 8.43. The third-order valence-corrected chi connectivity index (χ3v) is 7.36. The molecule has 0 aliphatic carbocycles. The second-order valence-corrected chi connectivity index (χ2v) is 10.1. The molecule has 0 aromatic heterocycles. The molecule has 1 atom stereocenters. The zero-order valence-electron chi connectivity index (χ0n) is 19.2. The van der Waals surface area contributed by atoms with E-state index in [1.54, 1.807) is 47.4 Å². The van der Waals surface area contributed by atoms with Crippen LogP contribution in [-0.2, 0) is 26.0 Å².